The maximum Gasteiger partial charge on any atom is 0.142 e. The number of piperidine rings is 1. The van der Waals surface area contributed by atoms with Crippen molar-refractivity contribution in [2.45, 2.75) is 18.8 Å². The van der Waals surface area contributed by atoms with E-state index in [2.05, 4.69) is 19.9 Å². The topological polar surface area (TPSA) is 44.8 Å². The molecule has 6 heteroatoms. The lowest BCUT2D eigenvalue weighted by Crippen LogP contribution is -2.34. The first-order chi connectivity index (χ1) is 11.2. The van der Waals surface area contributed by atoms with Crippen LogP contribution in [0.25, 0.3) is 11.0 Å². The molecule has 1 N–H and O–H groups in total. The van der Waals surface area contributed by atoms with E-state index < -0.39 is 11.6 Å². The lowest BCUT2D eigenvalue weighted by Gasteiger charge is -2.33. The highest BCUT2D eigenvalue weighted by atomic mass is 19.1. The number of fused-ring (bicyclic) bond motifs is 1. The minimum Gasteiger partial charge on any atom is -0.356 e. The molecule has 0 unspecified atom stereocenters. The molecule has 0 aliphatic carbocycles. The lowest BCUT2D eigenvalue weighted by atomic mass is 9.88. The quantitative estimate of drug-likeness (QED) is 0.786. The zero-order valence-electron chi connectivity index (χ0n) is 12.5. The number of aromatic amines is 1. The Balaban J connectivity index is 1.57. The van der Waals surface area contributed by atoms with Gasteiger partial charge in [-0.05, 0) is 37.0 Å². The van der Waals surface area contributed by atoms with Gasteiger partial charge in [0.25, 0.3) is 0 Å². The minimum absolute atomic E-state index is 0.0870. The smallest absolute Gasteiger partial charge is 0.142 e. The molecule has 4 nitrogen and oxygen atoms in total. The summed E-state index contributed by atoms with van der Waals surface area (Å²) in [6.45, 7) is 1.44. The fourth-order valence-corrected chi connectivity index (χ4v) is 3.39. The van der Waals surface area contributed by atoms with Gasteiger partial charge in [-0.2, -0.15) is 0 Å². The molecule has 23 heavy (non-hydrogen) atoms. The molecular formula is C17H16F2N4. The normalized spacial score (nSPS) is 16.2. The van der Waals surface area contributed by atoms with E-state index >= 15 is 0 Å². The monoisotopic (exact) mass is 314 g/mol. The molecule has 0 spiro atoms. The van der Waals surface area contributed by atoms with Crippen LogP contribution < -0.4 is 4.90 Å². The molecule has 1 fully saturated rings. The van der Waals surface area contributed by atoms with Crippen molar-refractivity contribution < 1.29 is 8.78 Å². The molecule has 3 aromatic rings. The average molecular weight is 314 g/mol. The minimum atomic E-state index is -0.446. The van der Waals surface area contributed by atoms with Gasteiger partial charge < -0.3 is 9.88 Å². The van der Waals surface area contributed by atoms with Crippen molar-refractivity contribution in [3.05, 3.63) is 54.0 Å². The predicted octanol–water partition coefficient (Wildman–Crippen LogP) is 3.62. The first-order valence-corrected chi connectivity index (χ1v) is 7.71. The first kappa shape index (κ1) is 14.1. The van der Waals surface area contributed by atoms with Crippen LogP contribution in [0.4, 0.5) is 14.6 Å². The van der Waals surface area contributed by atoms with Crippen molar-refractivity contribution in [3.8, 4) is 0 Å². The van der Waals surface area contributed by atoms with Gasteiger partial charge in [-0.25, -0.2) is 18.7 Å². The molecule has 1 aliphatic heterocycles. The van der Waals surface area contributed by atoms with Gasteiger partial charge in [0.15, 0.2) is 0 Å². The van der Waals surface area contributed by atoms with Gasteiger partial charge in [0.2, 0.25) is 0 Å². The van der Waals surface area contributed by atoms with Crippen LogP contribution >= 0.6 is 0 Å². The highest BCUT2D eigenvalue weighted by Crippen LogP contribution is 2.34. The van der Waals surface area contributed by atoms with Crippen LogP contribution in [-0.4, -0.2) is 28.0 Å². The highest BCUT2D eigenvalue weighted by molar-refractivity contribution is 5.87. The SMILES string of the molecule is Fc1cccc(F)c1C1CCN(c2ncnc3[nH]ccc23)CC1. The molecule has 4 rings (SSSR count). The maximum atomic E-state index is 13.9. The number of nitrogens with zero attached hydrogens (tertiary/aromatic N) is 3. The van der Waals surface area contributed by atoms with Crippen molar-refractivity contribution in [3.63, 3.8) is 0 Å². The first-order valence-electron chi connectivity index (χ1n) is 7.71. The van der Waals surface area contributed by atoms with Gasteiger partial charge in [-0.15, -0.1) is 0 Å². The summed E-state index contributed by atoms with van der Waals surface area (Å²) < 4.78 is 27.9. The van der Waals surface area contributed by atoms with Crippen molar-refractivity contribution in [2.24, 2.45) is 0 Å². The number of nitrogens with one attached hydrogen (secondary N) is 1. The number of benzene rings is 1. The van der Waals surface area contributed by atoms with E-state index in [1.807, 2.05) is 12.3 Å². The molecule has 0 radical (unpaired) electrons. The Bertz CT molecular complexity index is 817. The van der Waals surface area contributed by atoms with Crippen LogP contribution in [0.3, 0.4) is 0 Å². The summed E-state index contributed by atoms with van der Waals surface area (Å²) in [6.07, 6.45) is 4.78. The van der Waals surface area contributed by atoms with E-state index in [1.54, 1.807) is 0 Å². The molecule has 0 bridgehead atoms. The zero-order chi connectivity index (χ0) is 15.8. The molecule has 118 valence electrons. The van der Waals surface area contributed by atoms with Gasteiger partial charge in [0.05, 0.1) is 5.39 Å². The summed E-state index contributed by atoms with van der Waals surface area (Å²) in [6, 6.07) is 6.03. The number of H-pyrrole nitrogens is 1. The van der Waals surface area contributed by atoms with Crippen LogP contribution in [0, 0.1) is 11.6 Å². The molecule has 2 aromatic heterocycles. The summed E-state index contributed by atoms with van der Waals surface area (Å²) in [5, 5.41) is 0.975. The number of rotatable bonds is 2. The van der Waals surface area contributed by atoms with E-state index in [1.165, 1.54) is 24.5 Å². The highest BCUT2D eigenvalue weighted by Gasteiger charge is 2.26. The van der Waals surface area contributed by atoms with Crippen molar-refractivity contribution in [1.29, 1.82) is 0 Å². The summed E-state index contributed by atoms with van der Waals surface area (Å²) in [5.41, 5.74) is 1.03. The van der Waals surface area contributed by atoms with Crippen LogP contribution in [0.2, 0.25) is 0 Å². The number of aromatic nitrogens is 3. The third-order valence-corrected chi connectivity index (χ3v) is 4.54. The van der Waals surface area contributed by atoms with E-state index in [0.29, 0.717) is 12.8 Å². The molecule has 1 aliphatic rings. The largest absolute Gasteiger partial charge is 0.356 e. The molecular weight excluding hydrogens is 298 g/mol. The molecule has 0 atom stereocenters. The summed E-state index contributed by atoms with van der Waals surface area (Å²) in [7, 11) is 0. The fourth-order valence-electron chi connectivity index (χ4n) is 3.39. The maximum absolute atomic E-state index is 13.9. The van der Waals surface area contributed by atoms with Crippen LogP contribution in [0.1, 0.15) is 24.3 Å². The second kappa shape index (κ2) is 5.61. The Labute approximate surface area is 132 Å². The molecule has 0 amide bonds. The average Bonchev–Trinajstić information content (AvgIpc) is 3.04. The van der Waals surface area contributed by atoms with Gasteiger partial charge >= 0.3 is 0 Å². The van der Waals surface area contributed by atoms with E-state index in [4.69, 9.17) is 0 Å². The van der Waals surface area contributed by atoms with Crippen LogP contribution in [-0.2, 0) is 0 Å². The number of anilines is 1. The van der Waals surface area contributed by atoms with Crippen molar-refractivity contribution in [1.82, 2.24) is 15.0 Å². The Kier molecular flexibility index (Phi) is 3.44. The summed E-state index contributed by atoms with van der Waals surface area (Å²) >= 11 is 0. The van der Waals surface area contributed by atoms with Crippen LogP contribution in [0.15, 0.2) is 36.8 Å². The number of hydrogen-bond acceptors (Lipinski definition) is 3. The third-order valence-electron chi connectivity index (χ3n) is 4.54. The van der Waals surface area contributed by atoms with Gasteiger partial charge in [0.1, 0.15) is 29.4 Å². The second-order valence-corrected chi connectivity index (χ2v) is 5.83. The van der Waals surface area contributed by atoms with Crippen molar-refractivity contribution in [2.75, 3.05) is 18.0 Å². The Morgan fingerprint density at radius 2 is 1.78 bits per heavy atom. The van der Waals surface area contributed by atoms with Crippen LogP contribution in [0.5, 0.6) is 0 Å². The zero-order valence-corrected chi connectivity index (χ0v) is 12.5. The van der Waals surface area contributed by atoms with E-state index in [0.717, 1.165) is 29.9 Å². The Hall–Kier alpha value is -2.50. The molecule has 3 heterocycles. The third kappa shape index (κ3) is 2.44. The van der Waals surface area contributed by atoms with Gasteiger partial charge in [0, 0.05) is 24.8 Å². The summed E-state index contributed by atoms with van der Waals surface area (Å²) in [5.74, 6) is -0.100. The lowest BCUT2D eigenvalue weighted by molar-refractivity contribution is 0.454. The van der Waals surface area contributed by atoms with Crippen molar-refractivity contribution >= 4 is 16.9 Å². The van der Waals surface area contributed by atoms with E-state index in [-0.39, 0.29) is 11.5 Å². The molecule has 1 aromatic carbocycles. The van der Waals surface area contributed by atoms with Gasteiger partial charge in [-0.3, -0.25) is 0 Å². The van der Waals surface area contributed by atoms with Gasteiger partial charge in [-0.1, -0.05) is 6.07 Å². The fraction of sp³-hybridized carbons (Fsp3) is 0.294. The Morgan fingerprint density at radius 1 is 1.04 bits per heavy atom. The number of halogens is 2. The van der Waals surface area contributed by atoms with E-state index in [9.17, 15) is 8.78 Å². The second-order valence-electron chi connectivity index (χ2n) is 5.83. The predicted molar refractivity (Wildman–Crippen MR) is 84.4 cm³/mol. The number of hydrogen-bond donors (Lipinski definition) is 1. The summed E-state index contributed by atoms with van der Waals surface area (Å²) in [4.78, 5) is 13.8. The molecule has 0 saturated carbocycles. The standard InChI is InChI=1S/C17H16F2N4/c18-13-2-1-3-14(19)15(13)11-5-8-23(9-6-11)17-12-4-7-20-16(12)21-10-22-17/h1-4,7,10-11H,5-6,8-9H2,(H,20,21,22). The molecule has 1 saturated heterocycles. The Morgan fingerprint density at radius 3 is 2.52 bits per heavy atom.